The third kappa shape index (κ3) is 2.61. The second kappa shape index (κ2) is 5.49. The summed E-state index contributed by atoms with van der Waals surface area (Å²) in [6, 6.07) is 5.75. The van der Waals surface area contributed by atoms with Gasteiger partial charge in [0.1, 0.15) is 5.82 Å². The number of alkyl halides is 1. The first-order chi connectivity index (χ1) is 9.28. The summed E-state index contributed by atoms with van der Waals surface area (Å²) in [5.74, 6) is 1.54. The molecule has 98 valence electrons. The van der Waals surface area contributed by atoms with E-state index in [9.17, 15) is 0 Å². The third-order valence-electron chi connectivity index (χ3n) is 2.90. The van der Waals surface area contributed by atoms with Crippen molar-refractivity contribution < 1.29 is 0 Å². The van der Waals surface area contributed by atoms with Crippen molar-refractivity contribution >= 4 is 45.6 Å². The van der Waals surface area contributed by atoms with Crippen LogP contribution in [0.15, 0.2) is 29.9 Å². The summed E-state index contributed by atoms with van der Waals surface area (Å²) >= 11 is 13.6. The minimum Gasteiger partial charge on any atom is -0.323 e. The Morgan fingerprint density at radius 2 is 2.21 bits per heavy atom. The zero-order valence-electron chi connectivity index (χ0n) is 10.0. The van der Waals surface area contributed by atoms with Crippen LogP contribution in [0.4, 0.5) is 0 Å². The van der Waals surface area contributed by atoms with Crippen LogP contribution in [0.3, 0.4) is 0 Å². The average molecular weight is 312 g/mol. The number of fused-ring (bicyclic) bond motifs is 1. The summed E-state index contributed by atoms with van der Waals surface area (Å²) in [5, 5.41) is 0.718. The minimum absolute atomic E-state index is 0.555. The van der Waals surface area contributed by atoms with E-state index in [0.29, 0.717) is 5.88 Å². The largest absolute Gasteiger partial charge is 0.323 e. The number of nitrogens with zero attached hydrogens (tertiary/aromatic N) is 3. The van der Waals surface area contributed by atoms with Gasteiger partial charge in [-0.1, -0.05) is 11.6 Å². The Labute approximate surface area is 124 Å². The van der Waals surface area contributed by atoms with Gasteiger partial charge in [-0.3, -0.25) is 4.98 Å². The smallest absolute Gasteiger partial charge is 0.111 e. The molecule has 0 bridgehead atoms. The van der Waals surface area contributed by atoms with Crippen LogP contribution in [0.5, 0.6) is 0 Å². The van der Waals surface area contributed by atoms with E-state index in [1.165, 1.54) is 4.88 Å². The van der Waals surface area contributed by atoms with E-state index in [2.05, 4.69) is 14.5 Å². The molecule has 1 aromatic carbocycles. The lowest BCUT2D eigenvalue weighted by molar-refractivity contribution is 0.762. The Morgan fingerprint density at radius 3 is 2.95 bits per heavy atom. The lowest BCUT2D eigenvalue weighted by atomic mass is 10.3. The maximum Gasteiger partial charge on any atom is 0.111 e. The lowest BCUT2D eigenvalue weighted by Gasteiger charge is -2.06. The molecule has 0 saturated carbocycles. The molecule has 3 rings (SSSR count). The van der Waals surface area contributed by atoms with Crippen molar-refractivity contribution in [2.45, 2.75) is 13.0 Å². The van der Waals surface area contributed by atoms with E-state index in [0.717, 1.165) is 34.8 Å². The van der Waals surface area contributed by atoms with Gasteiger partial charge in [0.2, 0.25) is 0 Å². The average Bonchev–Trinajstić information content (AvgIpc) is 3.00. The van der Waals surface area contributed by atoms with Gasteiger partial charge in [0, 0.05) is 28.4 Å². The van der Waals surface area contributed by atoms with Crippen LogP contribution in [-0.2, 0) is 13.0 Å². The zero-order valence-corrected chi connectivity index (χ0v) is 12.3. The van der Waals surface area contributed by atoms with Gasteiger partial charge in [0.05, 0.1) is 23.1 Å². The Bertz CT molecular complexity index is 691. The van der Waals surface area contributed by atoms with Gasteiger partial charge in [-0.25, -0.2) is 4.98 Å². The highest BCUT2D eigenvalue weighted by Gasteiger charge is 2.11. The first-order valence-electron chi connectivity index (χ1n) is 5.86. The maximum absolute atomic E-state index is 6.08. The van der Waals surface area contributed by atoms with Crippen LogP contribution >= 0.6 is 34.5 Å². The molecule has 3 aromatic rings. The number of benzene rings is 1. The third-order valence-corrected chi connectivity index (χ3v) is 4.09. The maximum atomic E-state index is 6.08. The fourth-order valence-electron chi connectivity index (χ4n) is 2.07. The molecule has 0 aliphatic rings. The molecule has 0 radical (unpaired) electrons. The number of halogens is 2. The number of aryl methyl sites for hydroxylation is 1. The summed E-state index contributed by atoms with van der Waals surface area (Å²) < 4.78 is 2.16. The number of hydrogen-bond donors (Lipinski definition) is 0. The molecule has 6 heteroatoms. The summed E-state index contributed by atoms with van der Waals surface area (Å²) in [5.41, 5.74) is 3.83. The first-order valence-corrected chi connectivity index (χ1v) is 7.65. The van der Waals surface area contributed by atoms with Crippen LogP contribution in [0.25, 0.3) is 11.0 Å². The fraction of sp³-hybridized carbons (Fsp3) is 0.231. The second-order valence-corrected chi connectivity index (χ2v) is 5.94. The van der Waals surface area contributed by atoms with E-state index in [1.807, 2.05) is 29.9 Å². The molecule has 0 atom stereocenters. The Balaban J connectivity index is 2.12. The molecule has 0 amide bonds. The van der Waals surface area contributed by atoms with Crippen LogP contribution in [0.2, 0.25) is 5.02 Å². The molecule has 0 unspecified atom stereocenters. The van der Waals surface area contributed by atoms with Crippen LogP contribution in [0, 0.1) is 0 Å². The van der Waals surface area contributed by atoms with Crippen molar-refractivity contribution in [3.05, 3.63) is 45.6 Å². The van der Waals surface area contributed by atoms with Crippen molar-refractivity contribution in [1.82, 2.24) is 14.5 Å². The van der Waals surface area contributed by atoms with Gasteiger partial charge >= 0.3 is 0 Å². The highest BCUT2D eigenvalue weighted by atomic mass is 35.5. The molecule has 2 aromatic heterocycles. The normalized spacial score (nSPS) is 11.3. The van der Waals surface area contributed by atoms with E-state index < -0.39 is 0 Å². The van der Waals surface area contributed by atoms with Gasteiger partial charge in [0.25, 0.3) is 0 Å². The fourth-order valence-corrected chi connectivity index (χ4v) is 2.99. The standard InChI is InChI=1S/C13H11Cl2N3S/c14-4-3-13-17-11-2-1-9(15)5-12(11)18(13)7-10-6-16-8-19-10/h1-2,5-6,8H,3-4,7H2. The number of hydrogen-bond acceptors (Lipinski definition) is 3. The highest BCUT2D eigenvalue weighted by molar-refractivity contribution is 7.09. The number of thiazole rings is 1. The summed E-state index contributed by atoms with van der Waals surface area (Å²) in [6.45, 7) is 0.758. The highest BCUT2D eigenvalue weighted by Crippen LogP contribution is 2.23. The molecule has 3 nitrogen and oxygen atoms in total. The second-order valence-electron chi connectivity index (χ2n) is 4.15. The Kier molecular flexibility index (Phi) is 3.73. The molecule has 0 N–H and O–H groups in total. The van der Waals surface area contributed by atoms with Crippen molar-refractivity contribution in [3.8, 4) is 0 Å². The summed E-state index contributed by atoms with van der Waals surface area (Å²) in [4.78, 5) is 9.93. The zero-order chi connectivity index (χ0) is 13.2. The molecular weight excluding hydrogens is 301 g/mol. The van der Waals surface area contributed by atoms with Crippen LogP contribution in [-0.4, -0.2) is 20.4 Å². The molecule has 0 aliphatic carbocycles. The van der Waals surface area contributed by atoms with E-state index >= 15 is 0 Å². The molecule has 0 aliphatic heterocycles. The van der Waals surface area contributed by atoms with Gasteiger partial charge in [-0.2, -0.15) is 0 Å². The predicted octanol–water partition coefficient (Wildman–Crippen LogP) is 3.98. The van der Waals surface area contributed by atoms with Gasteiger partial charge < -0.3 is 4.57 Å². The summed E-state index contributed by atoms with van der Waals surface area (Å²) in [7, 11) is 0. The van der Waals surface area contributed by atoms with Gasteiger partial charge in [0.15, 0.2) is 0 Å². The summed E-state index contributed by atoms with van der Waals surface area (Å²) in [6.07, 6.45) is 2.62. The monoisotopic (exact) mass is 311 g/mol. The van der Waals surface area contributed by atoms with E-state index in [-0.39, 0.29) is 0 Å². The Morgan fingerprint density at radius 1 is 1.32 bits per heavy atom. The van der Waals surface area contributed by atoms with Crippen molar-refractivity contribution in [1.29, 1.82) is 0 Å². The van der Waals surface area contributed by atoms with Gasteiger partial charge in [-0.05, 0) is 18.2 Å². The number of rotatable bonds is 4. The van der Waals surface area contributed by atoms with Crippen molar-refractivity contribution in [3.63, 3.8) is 0 Å². The molecule has 0 saturated heterocycles. The number of aromatic nitrogens is 3. The quantitative estimate of drug-likeness (QED) is 0.682. The topological polar surface area (TPSA) is 30.7 Å². The Hall–Kier alpha value is -1.10. The molecular formula is C13H11Cl2N3S. The first kappa shape index (κ1) is 12.9. The number of imidazole rings is 1. The predicted molar refractivity (Wildman–Crippen MR) is 80.4 cm³/mol. The minimum atomic E-state index is 0.555. The SMILES string of the molecule is ClCCc1nc2ccc(Cl)cc2n1Cc1cncs1. The van der Waals surface area contributed by atoms with Crippen molar-refractivity contribution in [2.75, 3.05) is 5.88 Å². The molecule has 0 fully saturated rings. The van der Waals surface area contributed by atoms with Crippen LogP contribution in [0.1, 0.15) is 10.7 Å². The van der Waals surface area contributed by atoms with E-state index in [4.69, 9.17) is 23.2 Å². The molecule has 0 spiro atoms. The van der Waals surface area contributed by atoms with Crippen molar-refractivity contribution in [2.24, 2.45) is 0 Å². The molecule has 19 heavy (non-hydrogen) atoms. The molecule has 2 heterocycles. The van der Waals surface area contributed by atoms with Crippen LogP contribution < -0.4 is 0 Å². The lowest BCUT2D eigenvalue weighted by Crippen LogP contribution is -2.05. The van der Waals surface area contributed by atoms with E-state index in [1.54, 1.807) is 11.3 Å². The van der Waals surface area contributed by atoms with Gasteiger partial charge in [-0.15, -0.1) is 22.9 Å².